The van der Waals surface area contributed by atoms with Crippen LogP contribution in [-0.4, -0.2) is 64.8 Å². The Hall–Kier alpha value is -2.61. The minimum absolute atomic E-state index is 0.0966. The molecule has 1 N–H and O–H groups in total. The lowest BCUT2D eigenvalue weighted by atomic mass is 10.2. The molecule has 0 aromatic heterocycles. The van der Waals surface area contributed by atoms with Gasteiger partial charge in [0.05, 0.1) is 10.6 Å². The third kappa shape index (κ3) is 5.69. The summed E-state index contributed by atoms with van der Waals surface area (Å²) in [5.74, 6) is 0.645. The van der Waals surface area contributed by atoms with Crippen LogP contribution in [0.3, 0.4) is 0 Å². The molecule has 2 aromatic rings. The molecule has 0 spiro atoms. The van der Waals surface area contributed by atoms with Gasteiger partial charge < -0.3 is 15.1 Å². The molecule has 156 valence electrons. The average molecular weight is 419 g/mol. The lowest BCUT2D eigenvalue weighted by molar-refractivity contribution is 0.372. The topological polar surface area (TPSA) is 65.0 Å². The largest absolute Gasteiger partial charge is 0.368 e. The second kappa shape index (κ2) is 9.73. The number of hydrogen-bond acceptors (Lipinski definition) is 4. The van der Waals surface area contributed by atoms with Crippen molar-refractivity contribution in [2.24, 2.45) is 4.99 Å². The number of hydrogen-bond donors (Lipinski definition) is 1. The molecule has 6 nitrogen and oxygen atoms in total. The van der Waals surface area contributed by atoms with Gasteiger partial charge in [0.2, 0.25) is 0 Å². The third-order valence-corrected chi connectivity index (χ3v) is 6.77. The van der Waals surface area contributed by atoms with Crippen LogP contribution in [-0.2, 0) is 9.84 Å². The first-order valence-electron chi connectivity index (χ1n) is 9.73. The summed E-state index contributed by atoms with van der Waals surface area (Å²) in [6.45, 7) is 3.75. The SMILES string of the molecule is CN=C(NCCCS(=O)(=O)c1ccccc1)N1CCN(c2ccc(F)cc2)CC1. The Balaban J connectivity index is 1.45. The fourth-order valence-electron chi connectivity index (χ4n) is 3.37. The van der Waals surface area contributed by atoms with E-state index in [0.29, 0.717) is 17.9 Å². The van der Waals surface area contributed by atoms with Crippen LogP contribution in [0.4, 0.5) is 10.1 Å². The Kier molecular flexibility index (Phi) is 7.09. The Morgan fingerprint density at radius 1 is 1.03 bits per heavy atom. The van der Waals surface area contributed by atoms with E-state index in [1.54, 1.807) is 49.5 Å². The zero-order valence-corrected chi connectivity index (χ0v) is 17.4. The quantitative estimate of drug-likeness (QED) is 0.443. The molecule has 1 aliphatic rings. The number of nitrogens with zero attached hydrogens (tertiary/aromatic N) is 3. The van der Waals surface area contributed by atoms with E-state index >= 15 is 0 Å². The number of nitrogens with one attached hydrogen (secondary N) is 1. The fraction of sp³-hybridized carbons (Fsp3) is 0.381. The second-order valence-corrected chi connectivity index (χ2v) is 9.02. The third-order valence-electron chi connectivity index (χ3n) is 4.96. The van der Waals surface area contributed by atoms with Gasteiger partial charge in [0.1, 0.15) is 5.82 Å². The molecular weight excluding hydrogens is 391 g/mol. The van der Waals surface area contributed by atoms with Crippen LogP contribution >= 0.6 is 0 Å². The highest BCUT2D eigenvalue weighted by Crippen LogP contribution is 2.17. The van der Waals surface area contributed by atoms with Crippen LogP contribution in [0.5, 0.6) is 0 Å². The molecule has 0 aliphatic carbocycles. The van der Waals surface area contributed by atoms with E-state index in [9.17, 15) is 12.8 Å². The molecule has 1 heterocycles. The van der Waals surface area contributed by atoms with Crippen molar-refractivity contribution in [3.8, 4) is 0 Å². The van der Waals surface area contributed by atoms with Gasteiger partial charge in [-0.15, -0.1) is 0 Å². The molecule has 0 bridgehead atoms. The van der Waals surface area contributed by atoms with E-state index in [1.165, 1.54) is 12.1 Å². The van der Waals surface area contributed by atoms with Crippen LogP contribution in [0.2, 0.25) is 0 Å². The van der Waals surface area contributed by atoms with Crippen molar-refractivity contribution >= 4 is 21.5 Å². The first kappa shape index (κ1) is 21.1. The number of halogens is 1. The van der Waals surface area contributed by atoms with Crippen molar-refractivity contribution in [3.63, 3.8) is 0 Å². The van der Waals surface area contributed by atoms with Gasteiger partial charge in [0, 0.05) is 45.5 Å². The average Bonchev–Trinajstić information content (AvgIpc) is 2.75. The van der Waals surface area contributed by atoms with Crippen molar-refractivity contribution in [2.75, 3.05) is 50.4 Å². The predicted octanol–water partition coefficient (Wildman–Crippen LogP) is 2.39. The summed E-state index contributed by atoms with van der Waals surface area (Å²) in [6.07, 6.45) is 0.506. The number of anilines is 1. The number of benzene rings is 2. The number of guanidine groups is 1. The molecule has 0 amide bonds. The highest BCUT2D eigenvalue weighted by molar-refractivity contribution is 7.91. The summed E-state index contributed by atoms with van der Waals surface area (Å²) < 4.78 is 37.8. The molecule has 0 saturated carbocycles. The molecule has 0 unspecified atom stereocenters. The number of piperazine rings is 1. The van der Waals surface area contributed by atoms with Crippen LogP contribution in [0.25, 0.3) is 0 Å². The minimum atomic E-state index is -3.26. The van der Waals surface area contributed by atoms with Gasteiger partial charge in [-0.1, -0.05) is 18.2 Å². The van der Waals surface area contributed by atoms with Gasteiger partial charge in [-0.05, 0) is 42.8 Å². The lowest BCUT2D eigenvalue weighted by Crippen LogP contribution is -2.52. The first-order chi connectivity index (χ1) is 14.0. The van der Waals surface area contributed by atoms with E-state index in [2.05, 4.69) is 20.1 Å². The summed E-state index contributed by atoms with van der Waals surface area (Å²) in [4.78, 5) is 9.07. The van der Waals surface area contributed by atoms with Gasteiger partial charge in [0.25, 0.3) is 0 Å². The maximum absolute atomic E-state index is 13.1. The second-order valence-electron chi connectivity index (χ2n) is 6.91. The normalized spacial score (nSPS) is 15.4. The van der Waals surface area contributed by atoms with Gasteiger partial charge >= 0.3 is 0 Å². The van der Waals surface area contributed by atoms with Gasteiger partial charge in [-0.25, -0.2) is 12.8 Å². The van der Waals surface area contributed by atoms with Crippen molar-refractivity contribution in [1.82, 2.24) is 10.2 Å². The summed E-state index contributed by atoms with van der Waals surface area (Å²) in [7, 11) is -1.53. The molecule has 3 rings (SSSR count). The molecule has 8 heteroatoms. The van der Waals surface area contributed by atoms with Crippen LogP contribution in [0, 0.1) is 5.82 Å². The maximum atomic E-state index is 13.1. The van der Waals surface area contributed by atoms with Crippen molar-refractivity contribution in [3.05, 3.63) is 60.4 Å². The summed E-state index contributed by atoms with van der Waals surface area (Å²) >= 11 is 0. The standard InChI is InChI=1S/C21H27FN4O2S/c1-23-21(24-12-5-17-29(27,28)20-6-3-2-4-7-20)26-15-13-25(14-16-26)19-10-8-18(22)9-11-19/h2-4,6-11H,5,12-17H2,1H3,(H,23,24). The monoisotopic (exact) mass is 418 g/mol. The summed E-state index contributed by atoms with van der Waals surface area (Å²) in [5.41, 5.74) is 1.01. The predicted molar refractivity (Wildman–Crippen MR) is 115 cm³/mol. The first-order valence-corrected chi connectivity index (χ1v) is 11.4. The van der Waals surface area contributed by atoms with Crippen molar-refractivity contribution in [1.29, 1.82) is 0 Å². The molecule has 1 saturated heterocycles. The summed E-state index contributed by atoms with van der Waals surface area (Å²) in [6, 6.07) is 15.1. The number of aliphatic imine (C=N–C) groups is 1. The summed E-state index contributed by atoms with van der Waals surface area (Å²) in [5, 5.41) is 3.27. The van der Waals surface area contributed by atoms with E-state index < -0.39 is 9.84 Å². The molecule has 0 atom stereocenters. The Morgan fingerprint density at radius 3 is 2.31 bits per heavy atom. The van der Waals surface area contributed by atoms with Crippen LogP contribution in [0.1, 0.15) is 6.42 Å². The van der Waals surface area contributed by atoms with Crippen LogP contribution < -0.4 is 10.2 Å². The zero-order chi connectivity index (χ0) is 20.7. The zero-order valence-electron chi connectivity index (χ0n) is 16.6. The van der Waals surface area contributed by atoms with Gasteiger partial charge in [-0.3, -0.25) is 4.99 Å². The molecular formula is C21H27FN4O2S. The molecule has 0 radical (unpaired) electrons. The molecule has 29 heavy (non-hydrogen) atoms. The number of rotatable bonds is 6. The van der Waals surface area contributed by atoms with E-state index in [-0.39, 0.29) is 11.6 Å². The molecule has 2 aromatic carbocycles. The Morgan fingerprint density at radius 2 is 1.69 bits per heavy atom. The van der Waals surface area contributed by atoms with E-state index in [0.717, 1.165) is 37.8 Å². The van der Waals surface area contributed by atoms with E-state index in [1.807, 2.05) is 0 Å². The number of sulfone groups is 1. The molecule has 1 aliphatic heterocycles. The minimum Gasteiger partial charge on any atom is -0.368 e. The highest BCUT2D eigenvalue weighted by Gasteiger charge is 2.20. The van der Waals surface area contributed by atoms with E-state index in [4.69, 9.17) is 0 Å². The Bertz CT molecular complexity index is 909. The van der Waals surface area contributed by atoms with Crippen molar-refractivity contribution in [2.45, 2.75) is 11.3 Å². The molecule has 1 fully saturated rings. The van der Waals surface area contributed by atoms with Crippen LogP contribution in [0.15, 0.2) is 64.5 Å². The lowest BCUT2D eigenvalue weighted by Gasteiger charge is -2.37. The highest BCUT2D eigenvalue weighted by atomic mass is 32.2. The van der Waals surface area contributed by atoms with Gasteiger partial charge in [0.15, 0.2) is 15.8 Å². The smallest absolute Gasteiger partial charge is 0.193 e. The fourth-order valence-corrected chi connectivity index (χ4v) is 4.70. The maximum Gasteiger partial charge on any atom is 0.193 e. The van der Waals surface area contributed by atoms with Gasteiger partial charge in [-0.2, -0.15) is 0 Å². The Labute approximate surface area is 172 Å². The van der Waals surface area contributed by atoms with Crippen molar-refractivity contribution < 1.29 is 12.8 Å².